The predicted octanol–water partition coefficient (Wildman–Crippen LogP) is 3.07. The second-order valence-corrected chi connectivity index (χ2v) is 9.95. The number of hydrogen-bond acceptors (Lipinski definition) is 5. The quantitative estimate of drug-likeness (QED) is 0.560. The van der Waals surface area contributed by atoms with Crippen LogP contribution in [0, 0.1) is 23.2 Å². The van der Waals surface area contributed by atoms with Crippen LogP contribution in [0.25, 0.3) is 0 Å². The van der Waals surface area contributed by atoms with E-state index in [2.05, 4.69) is 5.32 Å². The van der Waals surface area contributed by atoms with Crippen LogP contribution in [0.4, 0.5) is 4.79 Å². The Balaban J connectivity index is 1.25. The van der Waals surface area contributed by atoms with Crippen molar-refractivity contribution in [1.29, 1.82) is 0 Å². The van der Waals surface area contributed by atoms with Gasteiger partial charge in [-0.3, -0.25) is 14.5 Å². The zero-order chi connectivity index (χ0) is 21.8. The number of amides is 3. The number of urea groups is 1. The fraction of sp³-hybridized carbons (Fsp3) is 0.583. The van der Waals surface area contributed by atoms with Gasteiger partial charge < -0.3 is 10.1 Å². The third-order valence-electron chi connectivity index (χ3n) is 7.65. The van der Waals surface area contributed by atoms with E-state index < -0.39 is 18.1 Å². The Bertz CT molecular complexity index is 904. The molecule has 1 aromatic carbocycles. The number of ketones is 1. The van der Waals surface area contributed by atoms with Crippen LogP contribution in [0.1, 0.15) is 61.4 Å². The summed E-state index contributed by atoms with van der Waals surface area (Å²) < 4.78 is 5.61. The van der Waals surface area contributed by atoms with Crippen molar-refractivity contribution >= 4 is 23.7 Å². The van der Waals surface area contributed by atoms with E-state index in [0.29, 0.717) is 28.9 Å². The smallest absolute Gasteiger partial charge is 0.338 e. The van der Waals surface area contributed by atoms with Gasteiger partial charge in [-0.25, -0.2) is 9.59 Å². The second kappa shape index (κ2) is 7.46. The molecule has 1 unspecified atom stereocenters. The summed E-state index contributed by atoms with van der Waals surface area (Å²) in [6.07, 6.45) is 5.82. The molecule has 4 saturated carbocycles. The monoisotopic (exact) mass is 424 g/mol. The molecular weight excluding hydrogens is 396 g/mol. The summed E-state index contributed by atoms with van der Waals surface area (Å²) in [5, 5.41) is 2.48. The van der Waals surface area contributed by atoms with Gasteiger partial charge in [0, 0.05) is 5.41 Å². The molecule has 1 atom stereocenters. The molecule has 5 aliphatic rings. The van der Waals surface area contributed by atoms with Crippen molar-refractivity contribution in [2.45, 2.75) is 58.1 Å². The number of rotatable bonds is 6. The minimum absolute atomic E-state index is 0.00941. The Morgan fingerprint density at radius 1 is 1.13 bits per heavy atom. The molecule has 4 aliphatic carbocycles. The average Bonchev–Trinajstić information content (AvgIpc) is 3.04. The van der Waals surface area contributed by atoms with Crippen molar-refractivity contribution in [2.24, 2.45) is 23.2 Å². The Kier molecular flexibility index (Phi) is 4.87. The summed E-state index contributed by atoms with van der Waals surface area (Å²) >= 11 is 0. The molecule has 7 heteroatoms. The number of carbonyl (C=O) groups is 4. The van der Waals surface area contributed by atoms with Crippen molar-refractivity contribution in [3.8, 4) is 0 Å². The Hall–Kier alpha value is -2.70. The first-order chi connectivity index (χ1) is 14.8. The van der Waals surface area contributed by atoms with E-state index >= 15 is 0 Å². The maximum atomic E-state index is 13.4. The summed E-state index contributed by atoms with van der Waals surface area (Å²) in [7, 11) is 0. The number of carbonyl (C=O) groups excluding carboxylic acids is 4. The largest absolute Gasteiger partial charge is 0.451 e. The van der Waals surface area contributed by atoms with E-state index in [9.17, 15) is 19.2 Å². The van der Waals surface area contributed by atoms with Crippen LogP contribution in [0.15, 0.2) is 24.3 Å². The molecule has 1 N–H and O–H groups in total. The van der Waals surface area contributed by atoms with Gasteiger partial charge in [0.25, 0.3) is 0 Å². The molecule has 0 aromatic heterocycles. The van der Waals surface area contributed by atoms with E-state index in [4.69, 9.17) is 4.74 Å². The summed E-state index contributed by atoms with van der Waals surface area (Å²) in [4.78, 5) is 50.8. The second-order valence-electron chi connectivity index (χ2n) is 9.95. The Labute approximate surface area is 181 Å². The molecule has 7 nitrogen and oxygen atoms in total. The topological polar surface area (TPSA) is 92.8 Å². The molecule has 1 aromatic rings. The van der Waals surface area contributed by atoms with Crippen LogP contribution in [0.2, 0.25) is 0 Å². The van der Waals surface area contributed by atoms with Crippen molar-refractivity contribution in [3.05, 3.63) is 35.4 Å². The number of ether oxygens (including phenoxy) is 1. The predicted molar refractivity (Wildman–Crippen MR) is 111 cm³/mol. The summed E-state index contributed by atoms with van der Waals surface area (Å²) in [5.74, 6) is 1.19. The number of hydrogen-bond donors (Lipinski definition) is 1. The average molecular weight is 424 g/mol. The number of imide groups is 1. The lowest BCUT2D eigenvalue weighted by molar-refractivity contribution is -0.152. The van der Waals surface area contributed by atoms with Gasteiger partial charge in [0.05, 0.1) is 18.7 Å². The van der Waals surface area contributed by atoms with E-state index in [1.807, 2.05) is 0 Å². The molecule has 0 radical (unpaired) electrons. The van der Waals surface area contributed by atoms with Crippen molar-refractivity contribution in [2.75, 3.05) is 6.54 Å². The molecule has 5 fully saturated rings. The molecule has 3 amide bonds. The summed E-state index contributed by atoms with van der Waals surface area (Å²) in [6, 6.07) is 6.24. The molecule has 31 heavy (non-hydrogen) atoms. The van der Waals surface area contributed by atoms with Crippen molar-refractivity contribution < 1.29 is 23.9 Å². The zero-order valence-electron chi connectivity index (χ0n) is 17.8. The lowest BCUT2D eigenvalue weighted by Gasteiger charge is -2.56. The standard InChI is InChI=1S/C24H28N2O5/c1-14(21(28)24-9-16-5-17(10-24)7-18(6-16)11-24)31-22(29)19-4-2-3-15(8-19)13-26-20(27)12-25-23(26)30/h2-4,8,14,16-18H,5-7,9-13H2,1H3,(H,25,30). The minimum atomic E-state index is -0.779. The van der Waals surface area contributed by atoms with Gasteiger partial charge in [-0.15, -0.1) is 0 Å². The van der Waals surface area contributed by atoms with Gasteiger partial charge in [-0.1, -0.05) is 12.1 Å². The molecule has 4 bridgehead atoms. The third-order valence-corrected chi connectivity index (χ3v) is 7.65. The number of esters is 1. The highest BCUT2D eigenvalue weighted by Crippen LogP contribution is 2.60. The van der Waals surface area contributed by atoms with Crippen LogP contribution in [0.3, 0.4) is 0 Å². The number of Topliss-reactive ketones (excluding diaryl/α,β-unsaturated/α-hetero) is 1. The number of nitrogens with one attached hydrogen (secondary N) is 1. The molecular formula is C24H28N2O5. The third kappa shape index (κ3) is 3.64. The molecule has 0 spiro atoms. The zero-order valence-corrected chi connectivity index (χ0v) is 17.8. The Morgan fingerprint density at radius 2 is 1.77 bits per heavy atom. The normalized spacial score (nSPS) is 32.2. The van der Waals surface area contributed by atoms with E-state index in [1.165, 1.54) is 19.3 Å². The molecule has 6 rings (SSSR count). The molecule has 1 saturated heterocycles. The van der Waals surface area contributed by atoms with Crippen LogP contribution >= 0.6 is 0 Å². The summed E-state index contributed by atoms with van der Waals surface area (Å²) in [5.41, 5.74) is 0.661. The van der Waals surface area contributed by atoms with Gasteiger partial charge in [0.1, 0.15) is 0 Å². The fourth-order valence-electron chi connectivity index (χ4n) is 6.72. The molecule has 1 aliphatic heterocycles. The van der Waals surface area contributed by atoms with Gasteiger partial charge >= 0.3 is 12.0 Å². The van der Waals surface area contributed by atoms with Crippen LogP contribution < -0.4 is 5.32 Å². The first-order valence-corrected chi connectivity index (χ1v) is 11.3. The molecule has 164 valence electrons. The van der Waals surface area contributed by atoms with Crippen molar-refractivity contribution in [3.63, 3.8) is 0 Å². The minimum Gasteiger partial charge on any atom is -0.451 e. The maximum absolute atomic E-state index is 13.4. The van der Waals surface area contributed by atoms with E-state index in [0.717, 1.165) is 24.2 Å². The number of nitrogens with zero attached hydrogens (tertiary/aromatic N) is 1. The van der Waals surface area contributed by atoms with Gasteiger partial charge in [0.2, 0.25) is 5.91 Å². The lowest BCUT2D eigenvalue weighted by Crippen LogP contribution is -2.52. The van der Waals surface area contributed by atoms with Crippen molar-refractivity contribution in [1.82, 2.24) is 10.2 Å². The first kappa shape index (κ1) is 20.2. The first-order valence-electron chi connectivity index (χ1n) is 11.3. The van der Waals surface area contributed by atoms with Gasteiger partial charge in [-0.05, 0) is 80.9 Å². The van der Waals surface area contributed by atoms with Crippen LogP contribution in [-0.2, 0) is 20.9 Å². The van der Waals surface area contributed by atoms with Gasteiger partial charge in [0.15, 0.2) is 11.9 Å². The highest BCUT2D eigenvalue weighted by molar-refractivity contribution is 6.02. The SMILES string of the molecule is CC(OC(=O)c1cccc(CN2C(=O)CNC2=O)c1)C(=O)C12CC3CC(CC(C3)C1)C2. The van der Waals surface area contributed by atoms with E-state index in [1.54, 1.807) is 31.2 Å². The van der Waals surface area contributed by atoms with E-state index in [-0.39, 0.29) is 30.2 Å². The number of benzene rings is 1. The highest BCUT2D eigenvalue weighted by Gasteiger charge is 2.55. The maximum Gasteiger partial charge on any atom is 0.338 e. The van der Waals surface area contributed by atoms with Crippen LogP contribution in [0.5, 0.6) is 0 Å². The van der Waals surface area contributed by atoms with Gasteiger partial charge in [-0.2, -0.15) is 0 Å². The van der Waals surface area contributed by atoms with Crippen LogP contribution in [-0.4, -0.2) is 41.2 Å². The lowest BCUT2D eigenvalue weighted by atomic mass is 9.48. The Morgan fingerprint density at radius 3 is 2.35 bits per heavy atom. The summed E-state index contributed by atoms with van der Waals surface area (Å²) in [6.45, 7) is 1.77. The highest BCUT2D eigenvalue weighted by atomic mass is 16.5. The molecule has 1 heterocycles. The fourth-order valence-corrected chi connectivity index (χ4v) is 6.72.